The molecule has 1 aliphatic rings. The molecule has 0 aliphatic carbocycles. The van der Waals surface area contributed by atoms with Gasteiger partial charge in [-0.3, -0.25) is 10.1 Å². The monoisotopic (exact) mass is 278 g/mol. The van der Waals surface area contributed by atoms with Gasteiger partial charge in [-0.15, -0.1) is 0 Å². The molecule has 3 nitrogen and oxygen atoms in total. The quantitative estimate of drug-likeness (QED) is 0.918. The number of benzene rings is 1. The first-order valence-corrected chi connectivity index (χ1v) is 7.80. The van der Waals surface area contributed by atoms with Crippen LogP contribution in [0, 0.1) is 6.92 Å². The van der Waals surface area contributed by atoms with Crippen LogP contribution < -0.4 is 5.32 Å². The minimum atomic E-state index is 0.0134. The van der Waals surface area contributed by atoms with Crippen molar-refractivity contribution < 1.29 is 4.79 Å². The summed E-state index contributed by atoms with van der Waals surface area (Å²) < 4.78 is 0.0740. The Morgan fingerprint density at radius 2 is 2.00 bits per heavy atom. The molecule has 0 saturated carbocycles. The van der Waals surface area contributed by atoms with Crippen LogP contribution in [0.15, 0.2) is 24.3 Å². The largest absolute Gasteiger partial charge is 0.320 e. The number of amides is 1. The van der Waals surface area contributed by atoms with Gasteiger partial charge < -0.3 is 4.90 Å². The van der Waals surface area contributed by atoms with Gasteiger partial charge in [-0.25, -0.2) is 0 Å². The maximum absolute atomic E-state index is 12.1. The van der Waals surface area contributed by atoms with E-state index < -0.39 is 0 Å². The Bertz CT molecular complexity index is 456. The molecular formula is C15H22N2OS. The number of hydrogen-bond donors (Lipinski definition) is 1. The summed E-state index contributed by atoms with van der Waals surface area (Å²) in [5.74, 6) is 0.188. The van der Waals surface area contributed by atoms with Crippen LogP contribution in [0.1, 0.15) is 31.1 Å². The Balaban J connectivity index is 2.20. The summed E-state index contributed by atoms with van der Waals surface area (Å²) in [6, 6.07) is 8.39. The molecule has 1 aliphatic heterocycles. The van der Waals surface area contributed by atoms with Crippen LogP contribution in [0.25, 0.3) is 0 Å². The van der Waals surface area contributed by atoms with Crippen LogP contribution in [0.4, 0.5) is 0 Å². The minimum absolute atomic E-state index is 0.0134. The van der Waals surface area contributed by atoms with Crippen molar-refractivity contribution >= 4 is 17.7 Å². The Morgan fingerprint density at radius 1 is 1.37 bits per heavy atom. The van der Waals surface area contributed by atoms with E-state index >= 15 is 0 Å². The van der Waals surface area contributed by atoms with Crippen LogP contribution in [0.5, 0.6) is 0 Å². The third-order valence-corrected chi connectivity index (χ3v) is 4.81. The van der Waals surface area contributed by atoms with Gasteiger partial charge in [0, 0.05) is 11.3 Å². The van der Waals surface area contributed by atoms with Gasteiger partial charge in [-0.05, 0) is 32.6 Å². The predicted octanol–water partition coefficient (Wildman–Crippen LogP) is 2.57. The first kappa shape index (κ1) is 14.4. The van der Waals surface area contributed by atoms with Gasteiger partial charge in [0.25, 0.3) is 0 Å². The van der Waals surface area contributed by atoms with E-state index in [1.54, 1.807) is 11.8 Å². The second kappa shape index (κ2) is 5.55. The third kappa shape index (κ3) is 3.31. The number of carbonyl (C=O) groups is 1. The van der Waals surface area contributed by atoms with E-state index in [2.05, 4.69) is 56.6 Å². The zero-order valence-corrected chi connectivity index (χ0v) is 12.9. The van der Waals surface area contributed by atoms with Crippen LogP contribution in [-0.4, -0.2) is 34.9 Å². The minimum Gasteiger partial charge on any atom is -0.320 e. The maximum Gasteiger partial charge on any atom is 0.238 e. The van der Waals surface area contributed by atoms with E-state index in [4.69, 9.17) is 0 Å². The van der Waals surface area contributed by atoms with Crippen LogP contribution in [0.2, 0.25) is 0 Å². The zero-order valence-electron chi connectivity index (χ0n) is 12.1. The number of rotatable bonds is 4. The number of nitrogens with zero attached hydrogens (tertiary/aromatic N) is 1. The number of thioether (sulfide) groups is 1. The summed E-state index contributed by atoms with van der Waals surface area (Å²) in [4.78, 5) is 14.0. The molecule has 1 atom stereocenters. The maximum atomic E-state index is 12.1. The Kier molecular flexibility index (Phi) is 4.21. The zero-order chi connectivity index (χ0) is 14.0. The highest BCUT2D eigenvalue weighted by Gasteiger charge is 2.35. The van der Waals surface area contributed by atoms with Crippen molar-refractivity contribution in [2.45, 2.75) is 31.7 Å². The van der Waals surface area contributed by atoms with E-state index in [0.717, 1.165) is 12.1 Å². The lowest BCUT2D eigenvalue weighted by Crippen LogP contribution is -2.40. The van der Waals surface area contributed by atoms with Gasteiger partial charge in [-0.2, -0.15) is 11.8 Å². The molecule has 2 rings (SSSR count). The molecule has 1 aromatic carbocycles. The van der Waals surface area contributed by atoms with Gasteiger partial charge in [-0.1, -0.05) is 29.8 Å². The van der Waals surface area contributed by atoms with Gasteiger partial charge >= 0.3 is 0 Å². The summed E-state index contributed by atoms with van der Waals surface area (Å²) in [6.45, 7) is 7.62. The summed E-state index contributed by atoms with van der Waals surface area (Å²) >= 11 is 1.79. The molecule has 104 valence electrons. The molecule has 19 heavy (non-hydrogen) atoms. The molecule has 1 heterocycles. The molecule has 1 N–H and O–H groups in total. The summed E-state index contributed by atoms with van der Waals surface area (Å²) in [7, 11) is 0. The van der Waals surface area contributed by atoms with E-state index in [1.165, 1.54) is 5.56 Å². The van der Waals surface area contributed by atoms with Crippen LogP contribution in [-0.2, 0) is 4.79 Å². The standard InChI is InChI=1S/C15H22N2OS/c1-11-5-7-12(8-6-11)14-16-9-13(18)17(14)10-15(2,3)19-4/h5-8,14,16H,9-10H2,1-4H3. The molecule has 1 fully saturated rings. The van der Waals surface area contributed by atoms with Crippen molar-refractivity contribution in [2.24, 2.45) is 0 Å². The predicted molar refractivity (Wildman–Crippen MR) is 81.2 cm³/mol. The fourth-order valence-corrected chi connectivity index (χ4v) is 2.51. The second-order valence-electron chi connectivity index (χ2n) is 5.68. The van der Waals surface area contributed by atoms with Gasteiger partial charge in [0.15, 0.2) is 0 Å². The molecule has 1 aromatic rings. The summed E-state index contributed by atoms with van der Waals surface area (Å²) in [5.41, 5.74) is 2.40. The third-order valence-electron chi connectivity index (χ3n) is 3.58. The first-order chi connectivity index (χ1) is 8.93. The average molecular weight is 278 g/mol. The molecule has 4 heteroatoms. The highest BCUT2D eigenvalue weighted by Crippen LogP contribution is 2.29. The average Bonchev–Trinajstić information content (AvgIpc) is 2.72. The van der Waals surface area contributed by atoms with Crippen molar-refractivity contribution in [1.82, 2.24) is 10.2 Å². The molecular weight excluding hydrogens is 256 g/mol. The molecule has 1 amide bonds. The molecule has 0 spiro atoms. The lowest BCUT2D eigenvalue weighted by molar-refractivity contribution is -0.128. The van der Waals surface area contributed by atoms with E-state index in [9.17, 15) is 4.79 Å². The Hall–Kier alpha value is -1.00. The highest BCUT2D eigenvalue weighted by molar-refractivity contribution is 7.99. The molecule has 0 bridgehead atoms. The van der Waals surface area contributed by atoms with Crippen molar-refractivity contribution in [1.29, 1.82) is 0 Å². The smallest absolute Gasteiger partial charge is 0.238 e. The Labute approximate surface area is 119 Å². The lowest BCUT2D eigenvalue weighted by atomic mass is 10.1. The van der Waals surface area contributed by atoms with Crippen molar-refractivity contribution in [3.8, 4) is 0 Å². The van der Waals surface area contributed by atoms with Crippen LogP contribution >= 0.6 is 11.8 Å². The SMILES string of the molecule is CSC(C)(C)CN1C(=O)CNC1c1ccc(C)cc1. The number of carbonyl (C=O) groups excluding carboxylic acids is 1. The normalized spacial score (nSPS) is 20.1. The fraction of sp³-hybridized carbons (Fsp3) is 0.533. The second-order valence-corrected chi connectivity index (χ2v) is 7.19. The van der Waals surface area contributed by atoms with E-state index in [0.29, 0.717) is 6.54 Å². The van der Waals surface area contributed by atoms with Gasteiger partial charge in [0.05, 0.1) is 6.54 Å². The highest BCUT2D eigenvalue weighted by atomic mass is 32.2. The lowest BCUT2D eigenvalue weighted by Gasteiger charge is -2.32. The molecule has 0 aromatic heterocycles. The molecule has 1 saturated heterocycles. The van der Waals surface area contributed by atoms with Gasteiger partial charge in [0.1, 0.15) is 6.17 Å². The fourth-order valence-electron chi connectivity index (χ4n) is 2.24. The van der Waals surface area contributed by atoms with Crippen molar-refractivity contribution in [2.75, 3.05) is 19.3 Å². The number of aryl methyl sites for hydroxylation is 1. The van der Waals surface area contributed by atoms with E-state index in [-0.39, 0.29) is 16.8 Å². The summed E-state index contributed by atoms with van der Waals surface area (Å²) in [6.07, 6.45) is 2.11. The summed E-state index contributed by atoms with van der Waals surface area (Å²) in [5, 5.41) is 3.31. The first-order valence-electron chi connectivity index (χ1n) is 6.57. The molecule has 0 radical (unpaired) electrons. The van der Waals surface area contributed by atoms with Crippen molar-refractivity contribution in [3.63, 3.8) is 0 Å². The number of hydrogen-bond acceptors (Lipinski definition) is 3. The number of nitrogens with one attached hydrogen (secondary N) is 1. The topological polar surface area (TPSA) is 32.3 Å². The van der Waals surface area contributed by atoms with E-state index in [1.807, 2.05) is 4.90 Å². The van der Waals surface area contributed by atoms with Crippen LogP contribution in [0.3, 0.4) is 0 Å². The Morgan fingerprint density at radius 3 is 2.58 bits per heavy atom. The van der Waals surface area contributed by atoms with Gasteiger partial charge in [0.2, 0.25) is 5.91 Å². The molecule has 1 unspecified atom stereocenters. The van der Waals surface area contributed by atoms with Crippen molar-refractivity contribution in [3.05, 3.63) is 35.4 Å².